The van der Waals surface area contributed by atoms with Crippen LogP contribution in [0.4, 0.5) is 11.6 Å². The number of nitrogens with one attached hydrogen (secondary N) is 1. The highest BCUT2D eigenvalue weighted by molar-refractivity contribution is 5.46. The quantitative estimate of drug-likeness (QED) is 0.777. The summed E-state index contributed by atoms with van der Waals surface area (Å²) in [5.74, 6) is 2.03. The summed E-state index contributed by atoms with van der Waals surface area (Å²) in [4.78, 5) is 6.81. The minimum Gasteiger partial charge on any atom is -0.370 e. The molecule has 1 heterocycles. The maximum atomic E-state index is 4.57. The minimum atomic E-state index is 0.973. The summed E-state index contributed by atoms with van der Waals surface area (Å²) in [5.41, 5.74) is 0. The van der Waals surface area contributed by atoms with Crippen molar-refractivity contribution in [3.8, 4) is 0 Å². The van der Waals surface area contributed by atoms with Crippen molar-refractivity contribution in [2.24, 2.45) is 0 Å². The van der Waals surface area contributed by atoms with Crippen molar-refractivity contribution < 1.29 is 0 Å². The molecule has 0 aliphatic rings. The van der Waals surface area contributed by atoms with E-state index in [1.54, 1.807) is 0 Å². The molecule has 84 valence electrons. The normalized spacial score (nSPS) is 10.1. The van der Waals surface area contributed by atoms with Gasteiger partial charge in [0.25, 0.3) is 0 Å². The molecule has 0 bridgehead atoms. The van der Waals surface area contributed by atoms with Gasteiger partial charge in [0.05, 0.1) is 0 Å². The highest BCUT2D eigenvalue weighted by Gasteiger charge is 2.03. The van der Waals surface area contributed by atoms with Gasteiger partial charge in [0.15, 0.2) is 0 Å². The van der Waals surface area contributed by atoms with E-state index in [9.17, 15) is 0 Å². The molecule has 1 aromatic rings. The Kier molecular flexibility index (Phi) is 4.95. The van der Waals surface area contributed by atoms with Crippen LogP contribution in [0.3, 0.4) is 0 Å². The van der Waals surface area contributed by atoms with Crippen LogP contribution in [0.2, 0.25) is 0 Å². The fourth-order valence-corrected chi connectivity index (χ4v) is 1.50. The molecule has 0 saturated heterocycles. The molecule has 0 unspecified atom stereocenters. The van der Waals surface area contributed by atoms with Crippen LogP contribution >= 0.6 is 0 Å². The van der Waals surface area contributed by atoms with E-state index < -0.39 is 0 Å². The van der Waals surface area contributed by atoms with Crippen molar-refractivity contribution in [2.45, 2.75) is 27.2 Å². The molecule has 0 spiro atoms. The highest BCUT2D eigenvalue weighted by Crippen LogP contribution is 2.13. The van der Waals surface area contributed by atoms with Gasteiger partial charge in [0.2, 0.25) is 0 Å². The minimum absolute atomic E-state index is 0.973. The lowest BCUT2D eigenvalue weighted by Crippen LogP contribution is -2.23. The first-order valence-corrected chi connectivity index (χ1v) is 5.77. The Morgan fingerprint density at radius 2 is 1.93 bits per heavy atom. The van der Waals surface area contributed by atoms with Crippen molar-refractivity contribution in [3.63, 3.8) is 0 Å². The summed E-state index contributed by atoms with van der Waals surface area (Å²) in [6.07, 6.45) is 1.12. The molecule has 0 atom stereocenters. The Morgan fingerprint density at radius 1 is 1.20 bits per heavy atom. The van der Waals surface area contributed by atoms with E-state index in [1.807, 2.05) is 6.07 Å². The second kappa shape index (κ2) is 6.27. The zero-order chi connectivity index (χ0) is 11.1. The standard InChI is InChI=1S/C12H21N3/c1-4-10-13-11-8-7-9-12(14-11)15(5-2)6-3/h7-9H,4-6,10H2,1-3H3,(H,13,14). The van der Waals surface area contributed by atoms with E-state index >= 15 is 0 Å². The zero-order valence-corrected chi connectivity index (χ0v) is 9.95. The molecule has 15 heavy (non-hydrogen) atoms. The molecule has 1 N–H and O–H groups in total. The van der Waals surface area contributed by atoms with Gasteiger partial charge in [0, 0.05) is 19.6 Å². The van der Waals surface area contributed by atoms with E-state index in [0.717, 1.165) is 37.7 Å². The van der Waals surface area contributed by atoms with Gasteiger partial charge < -0.3 is 10.2 Å². The lowest BCUT2D eigenvalue weighted by Gasteiger charge is -2.20. The number of hydrogen-bond acceptors (Lipinski definition) is 3. The van der Waals surface area contributed by atoms with Crippen LogP contribution in [-0.4, -0.2) is 24.6 Å². The van der Waals surface area contributed by atoms with E-state index in [-0.39, 0.29) is 0 Å². The van der Waals surface area contributed by atoms with Crippen molar-refractivity contribution in [1.29, 1.82) is 0 Å². The molecule has 3 heteroatoms. The molecule has 0 aromatic carbocycles. The number of hydrogen-bond donors (Lipinski definition) is 1. The van der Waals surface area contributed by atoms with Gasteiger partial charge in [-0.15, -0.1) is 0 Å². The van der Waals surface area contributed by atoms with E-state index in [4.69, 9.17) is 0 Å². The highest BCUT2D eigenvalue weighted by atomic mass is 15.2. The van der Waals surface area contributed by atoms with E-state index in [0.29, 0.717) is 0 Å². The predicted molar refractivity (Wildman–Crippen MR) is 66.6 cm³/mol. The van der Waals surface area contributed by atoms with Crippen LogP contribution in [0, 0.1) is 0 Å². The lowest BCUT2D eigenvalue weighted by atomic mass is 10.4. The molecular weight excluding hydrogens is 186 g/mol. The first-order chi connectivity index (χ1) is 7.31. The summed E-state index contributed by atoms with van der Waals surface area (Å²) in [7, 11) is 0. The molecule has 0 radical (unpaired) electrons. The number of nitrogens with zero attached hydrogens (tertiary/aromatic N) is 2. The monoisotopic (exact) mass is 207 g/mol. The SMILES string of the molecule is CCCNc1cccc(N(CC)CC)n1. The molecule has 1 aromatic heterocycles. The van der Waals surface area contributed by atoms with E-state index in [2.05, 4.69) is 48.1 Å². The largest absolute Gasteiger partial charge is 0.370 e. The Hall–Kier alpha value is -1.25. The van der Waals surface area contributed by atoms with Crippen LogP contribution in [0.1, 0.15) is 27.2 Å². The van der Waals surface area contributed by atoms with Crippen molar-refractivity contribution >= 4 is 11.6 Å². The number of rotatable bonds is 6. The summed E-state index contributed by atoms with van der Waals surface area (Å²) in [5, 5.41) is 3.30. The number of aromatic nitrogens is 1. The summed E-state index contributed by atoms with van der Waals surface area (Å²) >= 11 is 0. The maximum Gasteiger partial charge on any atom is 0.130 e. The predicted octanol–water partition coefficient (Wildman–Crippen LogP) is 2.75. The Bertz CT molecular complexity index is 282. The van der Waals surface area contributed by atoms with Crippen LogP contribution in [0.25, 0.3) is 0 Å². The van der Waals surface area contributed by atoms with Crippen molar-refractivity contribution in [1.82, 2.24) is 4.98 Å². The number of anilines is 2. The number of pyridine rings is 1. The van der Waals surface area contributed by atoms with Gasteiger partial charge in [-0.3, -0.25) is 0 Å². The first-order valence-electron chi connectivity index (χ1n) is 5.77. The molecule has 1 rings (SSSR count). The Balaban J connectivity index is 2.72. The maximum absolute atomic E-state index is 4.57. The van der Waals surface area contributed by atoms with Gasteiger partial charge in [-0.2, -0.15) is 0 Å². The second-order valence-corrected chi connectivity index (χ2v) is 3.48. The second-order valence-electron chi connectivity index (χ2n) is 3.48. The first kappa shape index (κ1) is 11.8. The summed E-state index contributed by atoms with van der Waals surface area (Å²) in [6.45, 7) is 9.44. The third-order valence-electron chi connectivity index (χ3n) is 2.38. The van der Waals surface area contributed by atoms with Gasteiger partial charge in [-0.05, 0) is 32.4 Å². The van der Waals surface area contributed by atoms with Crippen LogP contribution in [0.15, 0.2) is 18.2 Å². The van der Waals surface area contributed by atoms with E-state index in [1.165, 1.54) is 0 Å². The average Bonchev–Trinajstić information content (AvgIpc) is 2.29. The fourth-order valence-electron chi connectivity index (χ4n) is 1.50. The van der Waals surface area contributed by atoms with Gasteiger partial charge in [-0.1, -0.05) is 13.0 Å². The molecule has 0 fully saturated rings. The Labute approximate surface area is 92.5 Å². The lowest BCUT2D eigenvalue weighted by molar-refractivity contribution is 0.845. The summed E-state index contributed by atoms with van der Waals surface area (Å²) < 4.78 is 0. The molecule has 0 aliphatic heterocycles. The van der Waals surface area contributed by atoms with Crippen molar-refractivity contribution in [3.05, 3.63) is 18.2 Å². The van der Waals surface area contributed by atoms with Gasteiger partial charge >= 0.3 is 0 Å². The van der Waals surface area contributed by atoms with Gasteiger partial charge in [0.1, 0.15) is 11.6 Å². The molecule has 0 amide bonds. The van der Waals surface area contributed by atoms with Gasteiger partial charge in [-0.25, -0.2) is 4.98 Å². The Morgan fingerprint density at radius 3 is 2.53 bits per heavy atom. The third-order valence-corrected chi connectivity index (χ3v) is 2.38. The topological polar surface area (TPSA) is 28.2 Å². The molecular formula is C12H21N3. The average molecular weight is 207 g/mol. The fraction of sp³-hybridized carbons (Fsp3) is 0.583. The zero-order valence-electron chi connectivity index (χ0n) is 9.95. The van der Waals surface area contributed by atoms with Crippen LogP contribution in [0.5, 0.6) is 0 Å². The van der Waals surface area contributed by atoms with Crippen LogP contribution < -0.4 is 10.2 Å². The third kappa shape index (κ3) is 3.42. The molecule has 0 aliphatic carbocycles. The smallest absolute Gasteiger partial charge is 0.130 e. The molecule has 3 nitrogen and oxygen atoms in total. The van der Waals surface area contributed by atoms with Crippen molar-refractivity contribution in [2.75, 3.05) is 29.9 Å². The van der Waals surface area contributed by atoms with Crippen LogP contribution in [-0.2, 0) is 0 Å². The molecule has 0 saturated carbocycles. The summed E-state index contributed by atoms with van der Waals surface area (Å²) in [6, 6.07) is 6.13.